The minimum Gasteiger partial charge on any atom is -0.348 e. The predicted molar refractivity (Wildman–Crippen MR) is 95.9 cm³/mol. The van der Waals surface area contributed by atoms with Gasteiger partial charge in [-0.3, -0.25) is 9.69 Å². The summed E-state index contributed by atoms with van der Waals surface area (Å²) in [6.07, 6.45) is 2.65. The quantitative estimate of drug-likeness (QED) is 0.903. The summed E-state index contributed by atoms with van der Waals surface area (Å²) in [4.78, 5) is 17.0. The third-order valence-electron chi connectivity index (χ3n) is 4.37. The number of likely N-dealkylation sites (tertiary alicyclic amines) is 1. The van der Waals surface area contributed by atoms with Gasteiger partial charge in [0.05, 0.1) is 5.56 Å². The van der Waals surface area contributed by atoms with Crippen LogP contribution in [-0.4, -0.2) is 23.9 Å². The molecule has 2 heterocycles. The van der Waals surface area contributed by atoms with Crippen LogP contribution in [-0.2, 0) is 13.1 Å². The molecule has 1 aromatic carbocycles. The van der Waals surface area contributed by atoms with Gasteiger partial charge in [0.2, 0.25) is 0 Å². The smallest absolute Gasteiger partial charge is 0.252 e. The van der Waals surface area contributed by atoms with Gasteiger partial charge in [-0.1, -0.05) is 24.3 Å². The van der Waals surface area contributed by atoms with Gasteiger partial charge in [0, 0.05) is 22.8 Å². The Morgan fingerprint density at radius 1 is 1.13 bits per heavy atom. The Bertz CT molecular complexity index is 669. The zero-order valence-electron chi connectivity index (χ0n) is 13.9. The topological polar surface area (TPSA) is 32.3 Å². The van der Waals surface area contributed by atoms with E-state index in [1.807, 2.05) is 19.9 Å². The van der Waals surface area contributed by atoms with E-state index in [0.717, 1.165) is 22.5 Å². The normalized spacial score (nSPS) is 15.0. The fraction of sp³-hybridized carbons (Fsp3) is 0.421. The maximum Gasteiger partial charge on any atom is 0.252 e. The average Bonchev–Trinajstić information content (AvgIpc) is 3.15. The summed E-state index contributed by atoms with van der Waals surface area (Å²) in [6, 6.07) is 10.6. The molecule has 23 heavy (non-hydrogen) atoms. The summed E-state index contributed by atoms with van der Waals surface area (Å²) in [7, 11) is 0. The van der Waals surface area contributed by atoms with Crippen LogP contribution < -0.4 is 5.32 Å². The van der Waals surface area contributed by atoms with Crippen LogP contribution in [0.15, 0.2) is 30.3 Å². The molecule has 1 amide bonds. The van der Waals surface area contributed by atoms with Gasteiger partial charge in [0.25, 0.3) is 5.91 Å². The fourth-order valence-corrected chi connectivity index (χ4v) is 4.02. The van der Waals surface area contributed by atoms with Crippen molar-refractivity contribution in [3.63, 3.8) is 0 Å². The number of aryl methyl sites for hydroxylation is 2. The number of amides is 1. The molecule has 3 nitrogen and oxygen atoms in total. The van der Waals surface area contributed by atoms with Crippen LogP contribution in [0.25, 0.3) is 0 Å². The molecule has 3 rings (SSSR count). The highest BCUT2D eigenvalue weighted by atomic mass is 32.1. The summed E-state index contributed by atoms with van der Waals surface area (Å²) < 4.78 is 0. The lowest BCUT2D eigenvalue weighted by Gasteiger charge is -2.14. The largest absolute Gasteiger partial charge is 0.348 e. The first-order chi connectivity index (χ1) is 11.1. The number of benzene rings is 1. The van der Waals surface area contributed by atoms with Crippen LogP contribution in [0.5, 0.6) is 0 Å². The second-order valence-electron chi connectivity index (χ2n) is 6.31. The molecular formula is C19H24N2OS. The van der Waals surface area contributed by atoms with Crippen molar-refractivity contribution in [3.05, 3.63) is 56.8 Å². The number of rotatable bonds is 5. The highest BCUT2D eigenvalue weighted by Crippen LogP contribution is 2.20. The van der Waals surface area contributed by atoms with E-state index >= 15 is 0 Å². The van der Waals surface area contributed by atoms with E-state index in [2.05, 4.69) is 34.5 Å². The van der Waals surface area contributed by atoms with Gasteiger partial charge < -0.3 is 5.32 Å². The number of nitrogens with zero attached hydrogens (tertiary/aromatic N) is 1. The molecule has 0 aliphatic carbocycles. The van der Waals surface area contributed by atoms with Crippen LogP contribution in [0.3, 0.4) is 0 Å². The van der Waals surface area contributed by atoms with Gasteiger partial charge in [-0.15, -0.1) is 11.3 Å². The fourth-order valence-electron chi connectivity index (χ4n) is 3.10. The lowest BCUT2D eigenvalue weighted by atomic mass is 10.1. The number of carbonyl (C=O) groups excluding carboxylic acids is 1. The van der Waals surface area contributed by atoms with Crippen LogP contribution >= 0.6 is 11.3 Å². The molecule has 0 atom stereocenters. The lowest BCUT2D eigenvalue weighted by Crippen LogP contribution is -2.23. The molecule has 2 aromatic rings. The van der Waals surface area contributed by atoms with Gasteiger partial charge in [-0.25, -0.2) is 0 Å². The van der Waals surface area contributed by atoms with Gasteiger partial charge in [0.1, 0.15) is 0 Å². The molecule has 0 saturated carbocycles. The predicted octanol–water partition coefficient (Wildman–Crippen LogP) is 3.89. The molecule has 0 unspecified atom stereocenters. The maximum atomic E-state index is 12.2. The Balaban J connectivity index is 1.53. The Kier molecular flexibility index (Phi) is 5.13. The van der Waals surface area contributed by atoms with E-state index in [-0.39, 0.29) is 5.91 Å². The monoisotopic (exact) mass is 328 g/mol. The number of carbonyl (C=O) groups is 1. The summed E-state index contributed by atoms with van der Waals surface area (Å²) in [5.41, 5.74) is 3.30. The van der Waals surface area contributed by atoms with E-state index in [1.165, 1.54) is 36.4 Å². The number of nitrogens with one attached hydrogen (secondary N) is 1. The Morgan fingerprint density at radius 2 is 1.78 bits per heavy atom. The third kappa shape index (κ3) is 4.21. The Morgan fingerprint density at radius 3 is 2.39 bits per heavy atom. The molecule has 1 aliphatic heterocycles. The number of hydrogen-bond donors (Lipinski definition) is 1. The molecule has 4 heteroatoms. The lowest BCUT2D eigenvalue weighted by molar-refractivity contribution is 0.0951. The molecule has 1 aromatic heterocycles. The zero-order valence-corrected chi connectivity index (χ0v) is 14.7. The van der Waals surface area contributed by atoms with E-state index in [4.69, 9.17) is 0 Å². The van der Waals surface area contributed by atoms with Crippen molar-refractivity contribution in [2.45, 2.75) is 39.8 Å². The molecule has 0 bridgehead atoms. The highest BCUT2D eigenvalue weighted by Gasteiger charge is 2.13. The molecular weight excluding hydrogens is 304 g/mol. The van der Waals surface area contributed by atoms with Gasteiger partial charge in [-0.05, 0) is 57.0 Å². The van der Waals surface area contributed by atoms with Crippen molar-refractivity contribution >= 4 is 17.2 Å². The molecule has 0 spiro atoms. The second-order valence-corrected chi connectivity index (χ2v) is 7.77. The first kappa shape index (κ1) is 16.2. The van der Waals surface area contributed by atoms with Crippen molar-refractivity contribution < 1.29 is 4.79 Å². The van der Waals surface area contributed by atoms with Crippen molar-refractivity contribution in [2.24, 2.45) is 0 Å². The number of thiophene rings is 1. The van der Waals surface area contributed by atoms with E-state index < -0.39 is 0 Å². The average molecular weight is 328 g/mol. The third-order valence-corrected chi connectivity index (χ3v) is 5.33. The van der Waals surface area contributed by atoms with Gasteiger partial charge in [0.15, 0.2) is 0 Å². The minimum absolute atomic E-state index is 0.0213. The van der Waals surface area contributed by atoms with Crippen molar-refractivity contribution in [1.29, 1.82) is 0 Å². The summed E-state index contributed by atoms with van der Waals surface area (Å²) in [5.74, 6) is 0.0213. The number of hydrogen-bond acceptors (Lipinski definition) is 3. The molecule has 1 fully saturated rings. The van der Waals surface area contributed by atoms with Crippen molar-refractivity contribution in [3.8, 4) is 0 Å². The van der Waals surface area contributed by atoms with Crippen molar-refractivity contribution in [2.75, 3.05) is 13.1 Å². The summed E-state index contributed by atoms with van der Waals surface area (Å²) >= 11 is 1.67. The molecule has 0 radical (unpaired) electrons. The molecule has 1 aliphatic rings. The van der Waals surface area contributed by atoms with Crippen LogP contribution in [0.4, 0.5) is 0 Å². The van der Waals surface area contributed by atoms with Gasteiger partial charge in [-0.2, -0.15) is 0 Å². The van der Waals surface area contributed by atoms with Crippen molar-refractivity contribution in [1.82, 2.24) is 10.2 Å². The van der Waals surface area contributed by atoms with E-state index in [0.29, 0.717) is 6.54 Å². The second kappa shape index (κ2) is 7.28. The first-order valence-electron chi connectivity index (χ1n) is 8.27. The van der Waals surface area contributed by atoms with Gasteiger partial charge >= 0.3 is 0 Å². The Hall–Kier alpha value is -1.65. The van der Waals surface area contributed by atoms with Crippen LogP contribution in [0, 0.1) is 13.8 Å². The highest BCUT2D eigenvalue weighted by molar-refractivity contribution is 7.12. The minimum atomic E-state index is 0.0213. The van der Waals surface area contributed by atoms with E-state index in [9.17, 15) is 4.79 Å². The summed E-state index contributed by atoms with van der Waals surface area (Å²) in [5, 5.41) is 3.02. The molecule has 1 saturated heterocycles. The standard InChI is InChI=1S/C19H24N2OS/c1-14-11-18(15(2)23-14)19(22)20-12-16-5-7-17(8-6-16)13-21-9-3-4-10-21/h5-8,11H,3-4,9-10,12-13H2,1-2H3,(H,20,22). The molecule has 122 valence electrons. The molecule has 1 N–H and O–H groups in total. The van der Waals surface area contributed by atoms with Crippen LogP contribution in [0.1, 0.15) is 44.1 Å². The van der Waals surface area contributed by atoms with Crippen LogP contribution in [0.2, 0.25) is 0 Å². The first-order valence-corrected chi connectivity index (χ1v) is 9.09. The maximum absolute atomic E-state index is 12.2. The SMILES string of the molecule is Cc1cc(C(=O)NCc2ccc(CN3CCCC3)cc2)c(C)s1. The van der Waals surface area contributed by atoms with E-state index in [1.54, 1.807) is 11.3 Å². The zero-order chi connectivity index (χ0) is 16.2. The summed E-state index contributed by atoms with van der Waals surface area (Å²) in [6.45, 7) is 8.10. The Labute approximate surface area is 142 Å².